The van der Waals surface area contributed by atoms with Crippen LogP contribution in [-0.2, 0) is 0 Å². The van der Waals surface area contributed by atoms with Crippen molar-refractivity contribution in [2.24, 2.45) is 0 Å². The highest BCUT2D eigenvalue weighted by Gasteiger charge is 1.84. The van der Waals surface area contributed by atoms with Crippen LogP contribution in [0.5, 0.6) is 11.5 Å². The van der Waals surface area contributed by atoms with E-state index in [-0.39, 0.29) is 23.8 Å². The highest BCUT2D eigenvalue weighted by atomic mass is 16.3. The van der Waals surface area contributed by atoms with Crippen molar-refractivity contribution in [2.45, 2.75) is 0 Å². The molecule has 0 amide bonds. The zero-order chi connectivity index (χ0) is 5.98. The first-order chi connectivity index (χ1) is 3.79. The van der Waals surface area contributed by atoms with Gasteiger partial charge in [-0.15, -0.1) is 0 Å². The van der Waals surface area contributed by atoms with Crippen molar-refractivity contribution in [1.82, 2.24) is 12.3 Å². The monoisotopic (exact) mass is 144 g/mol. The van der Waals surface area contributed by atoms with E-state index in [1.807, 2.05) is 0 Å². The molecule has 4 nitrogen and oxygen atoms in total. The molecule has 0 fully saturated rings. The molecule has 1 aromatic rings. The number of phenolic OH excluding ortho intramolecular Hbond substituents is 2. The number of aromatic hydroxyl groups is 2. The van der Waals surface area contributed by atoms with Crippen LogP contribution in [0.25, 0.3) is 0 Å². The van der Waals surface area contributed by atoms with Crippen LogP contribution in [-0.4, -0.2) is 10.2 Å². The predicted octanol–water partition coefficient (Wildman–Crippen LogP) is 1.42. The molecular formula is C6H12N2O2. The van der Waals surface area contributed by atoms with Gasteiger partial charge < -0.3 is 22.5 Å². The Bertz CT molecular complexity index is 153. The molecule has 0 atom stereocenters. The van der Waals surface area contributed by atoms with Crippen molar-refractivity contribution < 1.29 is 10.2 Å². The maximum Gasteiger partial charge on any atom is 0.115 e. The zero-order valence-corrected chi connectivity index (χ0v) is 5.62. The highest BCUT2D eigenvalue weighted by Crippen LogP contribution is 2.13. The summed E-state index contributed by atoms with van der Waals surface area (Å²) in [6.07, 6.45) is 0. The number of hydrogen-bond acceptors (Lipinski definition) is 4. The largest absolute Gasteiger partial charge is 0.508 e. The van der Waals surface area contributed by atoms with E-state index in [4.69, 9.17) is 10.2 Å². The maximum atomic E-state index is 8.65. The Labute approximate surface area is 59.3 Å². The lowest BCUT2D eigenvalue weighted by molar-refractivity contribution is 0.460. The summed E-state index contributed by atoms with van der Waals surface area (Å²) in [5.41, 5.74) is 0. The van der Waals surface area contributed by atoms with Crippen LogP contribution >= 0.6 is 0 Å². The molecule has 0 aliphatic rings. The first-order valence-electron chi connectivity index (χ1n) is 2.27. The lowest BCUT2D eigenvalue weighted by Crippen LogP contribution is -1.61. The van der Waals surface area contributed by atoms with Gasteiger partial charge in [-0.3, -0.25) is 0 Å². The summed E-state index contributed by atoms with van der Waals surface area (Å²) < 4.78 is 0. The van der Waals surface area contributed by atoms with E-state index in [1.54, 1.807) is 0 Å². The quantitative estimate of drug-likeness (QED) is 0.412. The van der Waals surface area contributed by atoms with Gasteiger partial charge in [0.15, 0.2) is 0 Å². The second-order valence-corrected chi connectivity index (χ2v) is 1.52. The van der Waals surface area contributed by atoms with E-state index in [1.165, 1.54) is 24.3 Å². The lowest BCUT2D eigenvalue weighted by Gasteiger charge is -1.88. The minimum absolute atomic E-state index is 0. The first-order valence-corrected chi connectivity index (χ1v) is 2.27. The van der Waals surface area contributed by atoms with Gasteiger partial charge in [-0.2, -0.15) is 0 Å². The van der Waals surface area contributed by atoms with Crippen molar-refractivity contribution in [3.63, 3.8) is 0 Å². The summed E-state index contributed by atoms with van der Waals surface area (Å²) in [4.78, 5) is 0. The van der Waals surface area contributed by atoms with Crippen LogP contribution < -0.4 is 12.3 Å². The minimum atomic E-state index is 0. The van der Waals surface area contributed by atoms with Gasteiger partial charge in [-0.05, 0) is 24.3 Å². The smallest absolute Gasteiger partial charge is 0.115 e. The van der Waals surface area contributed by atoms with Crippen molar-refractivity contribution in [3.05, 3.63) is 24.3 Å². The normalized spacial score (nSPS) is 7.20. The topological polar surface area (TPSA) is 110 Å². The second kappa shape index (κ2) is 4.60. The van der Waals surface area contributed by atoms with E-state index < -0.39 is 0 Å². The van der Waals surface area contributed by atoms with Gasteiger partial charge in [0, 0.05) is 0 Å². The maximum absolute atomic E-state index is 8.65. The molecule has 58 valence electrons. The minimum Gasteiger partial charge on any atom is -0.508 e. The van der Waals surface area contributed by atoms with Gasteiger partial charge in [0.25, 0.3) is 0 Å². The SMILES string of the molecule is N.N.Oc1ccc(O)cc1. The summed E-state index contributed by atoms with van der Waals surface area (Å²) in [5, 5.41) is 17.3. The van der Waals surface area contributed by atoms with Crippen molar-refractivity contribution in [1.29, 1.82) is 0 Å². The highest BCUT2D eigenvalue weighted by molar-refractivity contribution is 5.28. The number of rotatable bonds is 0. The van der Waals surface area contributed by atoms with E-state index in [2.05, 4.69) is 0 Å². The Morgan fingerprint density at radius 2 is 0.900 bits per heavy atom. The third kappa shape index (κ3) is 2.91. The summed E-state index contributed by atoms with van der Waals surface area (Å²) >= 11 is 0. The molecule has 0 saturated carbocycles. The molecule has 10 heavy (non-hydrogen) atoms. The fourth-order valence-electron chi connectivity index (χ4n) is 0.453. The Morgan fingerprint density at radius 3 is 1.10 bits per heavy atom. The van der Waals surface area contributed by atoms with Crippen LogP contribution in [0.4, 0.5) is 0 Å². The van der Waals surface area contributed by atoms with E-state index >= 15 is 0 Å². The van der Waals surface area contributed by atoms with Crippen LogP contribution in [0.3, 0.4) is 0 Å². The molecule has 0 saturated heterocycles. The molecule has 0 spiro atoms. The van der Waals surface area contributed by atoms with E-state index in [0.29, 0.717) is 0 Å². The van der Waals surface area contributed by atoms with Gasteiger partial charge in [-0.1, -0.05) is 0 Å². The number of benzene rings is 1. The molecule has 4 heteroatoms. The summed E-state index contributed by atoms with van der Waals surface area (Å²) in [6, 6.07) is 5.70. The van der Waals surface area contributed by atoms with Crippen LogP contribution in [0.1, 0.15) is 0 Å². The lowest BCUT2D eigenvalue weighted by atomic mass is 10.3. The summed E-state index contributed by atoms with van der Waals surface area (Å²) in [7, 11) is 0. The second-order valence-electron chi connectivity index (χ2n) is 1.52. The Kier molecular flexibility index (Phi) is 5.31. The summed E-state index contributed by atoms with van der Waals surface area (Å²) in [5.74, 6) is 0.339. The van der Waals surface area contributed by atoms with Crippen LogP contribution in [0.15, 0.2) is 24.3 Å². The fraction of sp³-hybridized carbons (Fsp3) is 0. The molecule has 0 aliphatic heterocycles. The predicted molar refractivity (Wildman–Crippen MR) is 39.8 cm³/mol. The summed E-state index contributed by atoms with van der Waals surface area (Å²) in [6.45, 7) is 0. The Morgan fingerprint density at radius 1 is 0.700 bits per heavy atom. The molecule has 0 unspecified atom stereocenters. The standard InChI is InChI=1S/C6H6O2.2H3N/c7-5-1-2-6(8)4-3-5;;/h1-4,7-8H;2*1H3. The van der Waals surface area contributed by atoms with Gasteiger partial charge in [0.2, 0.25) is 0 Å². The van der Waals surface area contributed by atoms with Gasteiger partial charge in [-0.25, -0.2) is 0 Å². The number of hydrogen-bond donors (Lipinski definition) is 4. The molecule has 0 radical (unpaired) electrons. The molecule has 0 bridgehead atoms. The molecule has 1 aromatic carbocycles. The fourth-order valence-corrected chi connectivity index (χ4v) is 0.453. The molecule has 0 heterocycles. The van der Waals surface area contributed by atoms with Crippen molar-refractivity contribution in [3.8, 4) is 11.5 Å². The molecular weight excluding hydrogens is 132 g/mol. The van der Waals surface area contributed by atoms with Crippen molar-refractivity contribution in [2.75, 3.05) is 0 Å². The third-order valence-corrected chi connectivity index (χ3v) is 0.850. The first kappa shape index (κ1) is 11.5. The molecule has 0 aromatic heterocycles. The molecule has 0 aliphatic carbocycles. The Hall–Kier alpha value is -1.26. The average Bonchev–Trinajstić information content (AvgIpc) is 1.77. The zero-order valence-electron chi connectivity index (χ0n) is 5.62. The van der Waals surface area contributed by atoms with Gasteiger partial charge in [0.1, 0.15) is 11.5 Å². The van der Waals surface area contributed by atoms with E-state index in [0.717, 1.165) is 0 Å². The Balaban J connectivity index is 0. The van der Waals surface area contributed by atoms with Crippen LogP contribution in [0, 0.1) is 0 Å². The van der Waals surface area contributed by atoms with Crippen LogP contribution in [0.2, 0.25) is 0 Å². The number of phenols is 2. The molecule has 1 rings (SSSR count). The van der Waals surface area contributed by atoms with Gasteiger partial charge in [0.05, 0.1) is 0 Å². The average molecular weight is 144 g/mol. The van der Waals surface area contributed by atoms with Crippen molar-refractivity contribution >= 4 is 0 Å². The third-order valence-electron chi connectivity index (χ3n) is 0.850. The van der Waals surface area contributed by atoms with Gasteiger partial charge >= 0.3 is 0 Å². The molecule has 8 N–H and O–H groups in total. The van der Waals surface area contributed by atoms with E-state index in [9.17, 15) is 0 Å².